The van der Waals surface area contributed by atoms with E-state index in [2.05, 4.69) is 5.32 Å². The van der Waals surface area contributed by atoms with E-state index in [0.717, 1.165) is 16.5 Å². The van der Waals surface area contributed by atoms with Crippen molar-refractivity contribution in [3.63, 3.8) is 0 Å². The molecule has 1 aromatic heterocycles. The van der Waals surface area contributed by atoms with Crippen LogP contribution in [0.25, 0.3) is 10.9 Å². The molecule has 3 aromatic rings. The van der Waals surface area contributed by atoms with E-state index in [1.165, 1.54) is 0 Å². The van der Waals surface area contributed by atoms with Crippen LogP contribution in [0.15, 0.2) is 54.6 Å². The molecule has 0 saturated heterocycles. The number of carbonyl (C=O) groups is 2. The fourth-order valence-electron chi connectivity index (χ4n) is 3.85. The van der Waals surface area contributed by atoms with Crippen molar-refractivity contribution in [2.75, 3.05) is 6.54 Å². The minimum atomic E-state index is -1.02. The molecule has 30 heavy (non-hydrogen) atoms. The van der Waals surface area contributed by atoms with Crippen molar-refractivity contribution >= 4 is 22.8 Å². The molecule has 4 N–H and O–H groups in total. The minimum Gasteiger partial charge on any atom is -0.477 e. The van der Waals surface area contributed by atoms with Crippen LogP contribution in [0.4, 0.5) is 0 Å². The predicted octanol–water partition coefficient (Wildman–Crippen LogP) is 3.32. The van der Waals surface area contributed by atoms with Gasteiger partial charge < -0.3 is 20.7 Å². The molecule has 0 spiro atoms. The van der Waals surface area contributed by atoms with Crippen LogP contribution in [0.1, 0.15) is 42.4 Å². The van der Waals surface area contributed by atoms with Gasteiger partial charge in [0.2, 0.25) is 5.91 Å². The number of amides is 1. The van der Waals surface area contributed by atoms with Gasteiger partial charge >= 0.3 is 5.97 Å². The Hall–Kier alpha value is -3.12. The van der Waals surface area contributed by atoms with Crippen molar-refractivity contribution in [2.45, 2.75) is 45.2 Å². The molecule has 158 valence electrons. The smallest absolute Gasteiger partial charge is 0.352 e. The fraction of sp³-hybridized carbons (Fsp3) is 0.333. The summed E-state index contributed by atoms with van der Waals surface area (Å²) >= 11 is 0. The normalized spacial score (nSPS) is 12.7. The molecule has 0 aliphatic rings. The van der Waals surface area contributed by atoms with Gasteiger partial charge in [-0.15, -0.1) is 0 Å². The zero-order chi connectivity index (χ0) is 21.9. The zero-order valence-electron chi connectivity index (χ0n) is 17.7. The molecular formula is C24H29N3O3. The lowest BCUT2D eigenvalue weighted by molar-refractivity contribution is -0.122. The number of carbonyl (C=O) groups excluding carboxylic acids is 1. The fourth-order valence-corrected chi connectivity index (χ4v) is 3.85. The Morgan fingerprint density at radius 3 is 2.33 bits per heavy atom. The number of nitrogens with one attached hydrogen (secondary N) is 1. The molecule has 0 aliphatic heterocycles. The lowest BCUT2D eigenvalue weighted by atomic mass is 10.0. The van der Waals surface area contributed by atoms with Gasteiger partial charge in [0.25, 0.3) is 0 Å². The number of aromatic nitrogens is 1. The summed E-state index contributed by atoms with van der Waals surface area (Å²) in [5.41, 5.74) is 8.50. The van der Waals surface area contributed by atoms with Crippen molar-refractivity contribution in [3.8, 4) is 0 Å². The molecule has 0 unspecified atom stereocenters. The molecule has 1 atom stereocenters. The second-order valence-electron chi connectivity index (χ2n) is 8.49. The average Bonchev–Trinajstić information content (AvgIpc) is 3.03. The number of benzene rings is 2. The summed E-state index contributed by atoms with van der Waals surface area (Å²) in [6.07, 6.45) is 0.866. The maximum absolute atomic E-state index is 12.6. The lowest BCUT2D eigenvalue weighted by Crippen LogP contribution is -2.43. The highest BCUT2D eigenvalue weighted by Crippen LogP contribution is 2.32. The SMILES string of the molecule is CC(C)(C)n1c(C(=O)O)c(C[C@@H](N)C(=O)NCCc2ccccc2)c2ccccc21. The van der Waals surface area contributed by atoms with Gasteiger partial charge in [0.15, 0.2) is 0 Å². The van der Waals surface area contributed by atoms with E-state index in [-0.39, 0.29) is 18.0 Å². The van der Waals surface area contributed by atoms with E-state index in [9.17, 15) is 14.7 Å². The number of rotatable bonds is 7. The van der Waals surface area contributed by atoms with Crippen molar-refractivity contribution in [1.29, 1.82) is 0 Å². The number of hydrogen-bond donors (Lipinski definition) is 3. The summed E-state index contributed by atoms with van der Waals surface area (Å²) in [4.78, 5) is 24.7. The summed E-state index contributed by atoms with van der Waals surface area (Å²) in [5, 5.41) is 13.7. The predicted molar refractivity (Wildman–Crippen MR) is 119 cm³/mol. The molecule has 6 nitrogen and oxygen atoms in total. The summed E-state index contributed by atoms with van der Waals surface area (Å²) in [7, 11) is 0. The minimum absolute atomic E-state index is 0.155. The highest BCUT2D eigenvalue weighted by atomic mass is 16.4. The van der Waals surface area contributed by atoms with Gasteiger partial charge in [0.1, 0.15) is 5.69 Å². The van der Waals surface area contributed by atoms with Crippen LogP contribution >= 0.6 is 0 Å². The van der Waals surface area contributed by atoms with E-state index in [0.29, 0.717) is 18.5 Å². The van der Waals surface area contributed by atoms with Crippen LogP contribution in [0.2, 0.25) is 0 Å². The van der Waals surface area contributed by atoms with Gasteiger partial charge in [-0.2, -0.15) is 0 Å². The second-order valence-corrected chi connectivity index (χ2v) is 8.49. The highest BCUT2D eigenvalue weighted by Gasteiger charge is 2.30. The van der Waals surface area contributed by atoms with Gasteiger partial charge in [-0.1, -0.05) is 48.5 Å². The Morgan fingerprint density at radius 1 is 1.07 bits per heavy atom. The Kier molecular flexibility index (Phi) is 6.27. The van der Waals surface area contributed by atoms with Gasteiger partial charge in [-0.05, 0) is 50.8 Å². The van der Waals surface area contributed by atoms with Gasteiger partial charge in [0.05, 0.1) is 6.04 Å². The largest absolute Gasteiger partial charge is 0.477 e. The molecule has 1 amide bonds. The third kappa shape index (κ3) is 4.54. The first-order chi connectivity index (χ1) is 14.2. The lowest BCUT2D eigenvalue weighted by Gasteiger charge is -2.25. The molecule has 2 aromatic carbocycles. The number of nitrogens with two attached hydrogens (primary N) is 1. The van der Waals surface area contributed by atoms with Crippen molar-refractivity contribution in [2.24, 2.45) is 5.73 Å². The summed E-state index contributed by atoms with van der Waals surface area (Å²) in [6, 6.07) is 16.6. The first kappa shape index (κ1) is 21.6. The quantitative estimate of drug-likeness (QED) is 0.560. The van der Waals surface area contributed by atoms with E-state index in [1.54, 1.807) is 0 Å². The van der Waals surface area contributed by atoms with Crippen LogP contribution in [0, 0.1) is 0 Å². The molecule has 3 rings (SSSR count). The molecule has 0 saturated carbocycles. The van der Waals surface area contributed by atoms with E-state index < -0.39 is 17.6 Å². The van der Waals surface area contributed by atoms with Crippen molar-refractivity contribution in [1.82, 2.24) is 9.88 Å². The van der Waals surface area contributed by atoms with Crippen LogP contribution < -0.4 is 11.1 Å². The van der Waals surface area contributed by atoms with Gasteiger partial charge in [-0.25, -0.2) is 4.79 Å². The van der Waals surface area contributed by atoms with Crippen LogP contribution in [-0.2, 0) is 23.2 Å². The number of fused-ring (bicyclic) bond motifs is 1. The molecule has 0 aliphatic carbocycles. The molecule has 0 radical (unpaired) electrons. The third-order valence-corrected chi connectivity index (χ3v) is 5.17. The molecule has 6 heteroatoms. The monoisotopic (exact) mass is 407 g/mol. The maximum atomic E-state index is 12.6. The number of carboxylic acid groups (broad SMARTS) is 1. The van der Waals surface area contributed by atoms with Crippen molar-refractivity contribution < 1.29 is 14.7 Å². The number of para-hydroxylation sites is 1. The molecular weight excluding hydrogens is 378 g/mol. The first-order valence-corrected chi connectivity index (χ1v) is 10.1. The summed E-state index contributed by atoms with van der Waals surface area (Å²) in [5.74, 6) is -1.30. The number of hydrogen-bond acceptors (Lipinski definition) is 3. The van der Waals surface area contributed by atoms with E-state index in [4.69, 9.17) is 5.73 Å². The Morgan fingerprint density at radius 2 is 1.70 bits per heavy atom. The van der Waals surface area contributed by atoms with Crippen molar-refractivity contribution in [3.05, 3.63) is 71.4 Å². The maximum Gasteiger partial charge on any atom is 0.352 e. The van der Waals surface area contributed by atoms with Gasteiger partial charge in [0, 0.05) is 23.0 Å². The first-order valence-electron chi connectivity index (χ1n) is 10.1. The van der Waals surface area contributed by atoms with Crippen LogP contribution in [0.5, 0.6) is 0 Å². The van der Waals surface area contributed by atoms with E-state index in [1.807, 2.05) is 79.9 Å². The number of aromatic carboxylic acids is 1. The Labute approximate surface area is 176 Å². The van der Waals surface area contributed by atoms with Crippen LogP contribution in [-0.4, -0.2) is 34.1 Å². The topological polar surface area (TPSA) is 97.3 Å². The third-order valence-electron chi connectivity index (χ3n) is 5.17. The Balaban J connectivity index is 1.83. The van der Waals surface area contributed by atoms with Gasteiger partial charge in [-0.3, -0.25) is 4.79 Å². The number of nitrogens with zero attached hydrogens (tertiary/aromatic N) is 1. The number of carboxylic acids is 1. The molecule has 1 heterocycles. The average molecular weight is 408 g/mol. The standard InChI is InChI=1S/C24H29N3O3/c1-24(2,3)27-20-12-8-7-11-17(20)18(21(27)23(29)30)15-19(25)22(28)26-14-13-16-9-5-4-6-10-16/h4-12,19H,13-15,25H2,1-3H3,(H,26,28)(H,29,30)/t19-/m1/s1. The summed E-state index contributed by atoms with van der Waals surface area (Å²) in [6.45, 7) is 6.37. The Bertz CT molecular complexity index is 1050. The molecule has 0 bridgehead atoms. The zero-order valence-corrected chi connectivity index (χ0v) is 17.7. The molecule has 0 fully saturated rings. The summed E-state index contributed by atoms with van der Waals surface area (Å²) < 4.78 is 1.82. The highest BCUT2D eigenvalue weighted by molar-refractivity contribution is 5.99. The van der Waals surface area contributed by atoms with Crippen LogP contribution in [0.3, 0.4) is 0 Å². The van der Waals surface area contributed by atoms with E-state index >= 15 is 0 Å². The second kappa shape index (κ2) is 8.71.